The van der Waals surface area contributed by atoms with Gasteiger partial charge < -0.3 is 19.2 Å². The zero-order valence-electron chi connectivity index (χ0n) is 2.46. The van der Waals surface area contributed by atoms with E-state index in [1.165, 1.54) is 0 Å². The molecule has 0 spiro atoms. The summed E-state index contributed by atoms with van der Waals surface area (Å²) in [5, 5.41) is 0. The van der Waals surface area contributed by atoms with Crippen LogP contribution in [-0.4, -0.2) is 0 Å². The fourth-order valence-corrected chi connectivity index (χ4v) is 0. The molecule has 0 aliphatic heterocycles. The topological polar surface area (TPSA) is 86.2 Å². The molecule has 0 rings (SSSR count). The van der Waals surface area contributed by atoms with Crippen LogP contribution in [0.15, 0.2) is 0 Å². The van der Waals surface area contributed by atoms with Crippen LogP contribution in [0.25, 0.3) is 0 Å². The molecule has 0 fully saturated rings. The van der Waals surface area contributed by atoms with Crippen molar-refractivity contribution < 1.29 is 68.6 Å². The Morgan fingerprint density at radius 1 is 1.17 bits per heavy atom. The summed E-state index contributed by atoms with van der Waals surface area (Å²) in [6, 6.07) is 0. The first kappa shape index (κ1) is 10.6. The zero-order chi connectivity index (χ0) is 4.50. The summed E-state index contributed by atoms with van der Waals surface area (Å²) in [5.74, 6) is 0. The average Bonchev–Trinajstić information content (AvgIpc) is 0.722. The van der Waals surface area contributed by atoms with E-state index in [4.69, 9.17) is 19.2 Å². The normalized spacial score (nSPS) is 9.83. The maximum absolute atomic E-state index is 8.55. The maximum atomic E-state index is 8.55. The van der Waals surface area contributed by atoms with Crippen LogP contribution >= 0.6 is 7.82 Å². The van der Waals surface area contributed by atoms with Gasteiger partial charge in [0.25, 0.3) is 0 Å². The molecule has 0 saturated carbocycles. The minimum atomic E-state index is -5.39. The van der Waals surface area contributed by atoms with Gasteiger partial charge in [0.05, 0.1) is 0 Å². The SMILES string of the molecule is O=P([O-])([O-])[O-].[Eu+3]. The summed E-state index contributed by atoms with van der Waals surface area (Å²) in [6.45, 7) is 0. The molecule has 6 heteroatoms. The van der Waals surface area contributed by atoms with Crippen molar-refractivity contribution in [1.29, 1.82) is 0 Å². The van der Waals surface area contributed by atoms with Crippen molar-refractivity contribution in [1.82, 2.24) is 0 Å². The molecule has 0 bridgehead atoms. The molecule has 0 unspecified atom stereocenters. The van der Waals surface area contributed by atoms with Gasteiger partial charge in [-0.1, -0.05) is 0 Å². The monoisotopic (exact) mass is 248 g/mol. The molecule has 0 aliphatic rings. The third kappa shape index (κ3) is 43.7. The van der Waals surface area contributed by atoms with Gasteiger partial charge in [-0.2, -0.15) is 7.82 Å². The van der Waals surface area contributed by atoms with Gasteiger partial charge >= 0.3 is 49.4 Å². The Morgan fingerprint density at radius 3 is 1.17 bits per heavy atom. The smallest absolute Gasteiger partial charge is 0.822 e. The fraction of sp³-hybridized carbons (Fsp3) is 0. The first-order valence-electron chi connectivity index (χ1n) is 0.730. The van der Waals surface area contributed by atoms with Crippen molar-refractivity contribution in [3.8, 4) is 0 Å². The van der Waals surface area contributed by atoms with Gasteiger partial charge in [0.15, 0.2) is 0 Å². The molecule has 6 heavy (non-hydrogen) atoms. The fourth-order valence-electron chi connectivity index (χ4n) is 0. The Morgan fingerprint density at radius 2 is 1.17 bits per heavy atom. The van der Waals surface area contributed by atoms with E-state index in [1.54, 1.807) is 0 Å². The van der Waals surface area contributed by atoms with Gasteiger partial charge in [-0.3, -0.25) is 0 Å². The van der Waals surface area contributed by atoms with Gasteiger partial charge in [-0.15, -0.1) is 0 Å². The molecule has 0 aromatic heterocycles. The van der Waals surface area contributed by atoms with E-state index in [9.17, 15) is 0 Å². The molecule has 0 saturated heterocycles. The van der Waals surface area contributed by atoms with Crippen LogP contribution < -0.4 is 14.7 Å². The van der Waals surface area contributed by atoms with Gasteiger partial charge in [0.1, 0.15) is 0 Å². The zero-order valence-corrected chi connectivity index (χ0v) is 5.78. The van der Waals surface area contributed by atoms with E-state index in [-0.39, 0.29) is 49.4 Å². The van der Waals surface area contributed by atoms with Gasteiger partial charge in [-0.25, -0.2) is 0 Å². The Hall–Kier alpha value is 1.69. The van der Waals surface area contributed by atoms with Crippen molar-refractivity contribution in [3.05, 3.63) is 0 Å². The molecule has 0 N–H and O–H groups in total. The molecule has 0 aromatic rings. The number of hydrogen-bond acceptors (Lipinski definition) is 4. The van der Waals surface area contributed by atoms with E-state index in [0.29, 0.717) is 0 Å². The van der Waals surface area contributed by atoms with Crippen molar-refractivity contribution in [2.24, 2.45) is 0 Å². The van der Waals surface area contributed by atoms with Gasteiger partial charge in [0, 0.05) is 0 Å². The molecule has 36 valence electrons. The third-order valence-corrected chi connectivity index (χ3v) is 0. The Kier molecular flexibility index (Phi) is 6.50. The summed E-state index contributed by atoms with van der Waals surface area (Å²) in [6.07, 6.45) is 0. The van der Waals surface area contributed by atoms with Crippen LogP contribution in [0.2, 0.25) is 0 Å². The van der Waals surface area contributed by atoms with Crippen molar-refractivity contribution >= 4 is 7.82 Å². The Bertz CT molecular complexity index is 53.7. The van der Waals surface area contributed by atoms with E-state index >= 15 is 0 Å². The van der Waals surface area contributed by atoms with E-state index in [2.05, 4.69) is 0 Å². The quantitative estimate of drug-likeness (QED) is 0.432. The van der Waals surface area contributed by atoms with Crippen molar-refractivity contribution in [2.75, 3.05) is 0 Å². The second-order valence-corrected chi connectivity index (χ2v) is 1.34. The molecule has 4 nitrogen and oxygen atoms in total. The molecular weight excluding hydrogens is 247 g/mol. The van der Waals surface area contributed by atoms with Gasteiger partial charge in [0.2, 0.25) is 0 Å². The predicted octanol–water partition coefficient (Wildman–Crippen LogP) is -2.82. The number of rotatable bonds is 0. The summed E-state index contributed by atoms with van der Waals surface area (Å²) in [7, 11) is -5.39. The average molecular weight is 247 g/mol. The minimum absolute atomic E-state index is 0. The molecular formula is EuO4P. The van der Waals surface area contributed by atoms with E-state index in [0.717, 1.165) is 0 Å². The third-order valence-electron chi connectivity index (χ3n) is 0. The maximum Gasteiger partial charge on any atom is 3.00 e. The van der Waals surface area contributed by atoms with E-state index < -0.39 is 7.82 Å². The first-order chi connectivity index (χ1) is 2.00. The molecule has 0 amide bonds. The molecule has 0 atom stereocenters. The van der Waals surface area contributed by atoms with Crippen molar-refractivity contribution in [3.63, 3.8) is 0 Å². The summed E-state index contributed by atoms with van der Waals surface area (Å²) in [5.41, 5.74) is 0. The molecule has 0 aliphatic carbocycles. The summed E-state index contributed by atoms with van der Waals surface area (Å²) >= 11 is 0. The summed E-state index contributed by atoms with van der Waals surface area (Å²) < 4.78 is 8.55. The van der Waals surface area contributed by atoms with Crippen LogP contribution in [0.3, 0.4) is 0 Å². The van der Waals surface area contributed by atoms with Crippen LogP contribution in [0.4, 0.5) is 0 Å². The Balaban J connectivity index is 0. The second-order valence-electron chi connectivity index (χ2n) is 0.447. The van der Waals surface area contributed by atoms with Crippen molar-refractivity contribution in [2.45, 2.75) is 0 Å². The predicted molar refractivity (Wildman–Crippen MR) is 7.61 cm³/mol. The minimum Gasteiger partial charge on any atom is -0.822 e. The van der Waals surface area contributed by atoms with Crippen LogP contribution in [-0.2, 0) is 4.57 Å². The summed E-state index contributed by atoms with van der Waals surface area (Å²) in [4.78, 5) is 25.6. The largest absolute Gasteiger partial charge is 3.00 e. The van der Waals surface area contributed by atoms with Crippen LogP contribution in [0.5, 0.6) is 0 Å². The molecule has 0 aromatic carbocycles. The number of phosphoric acid groups is 1. The van der Waals surface area contributed by atoms with E-state index in [1.807, 2.05) is 0 Å². The molecule has 0 heterocycles. The van der Waals surface area contributed by atoms with Crippen LogP contribution in [0, 0.1) is 49.4 Å². The van der Waals surface area contributed by atoms with Gasteiger partial charge in [-0.05, 0) is 0 Å². The first-order valence-corrected chi connectivity index (χ1v) is 2.19. The number of hydrogen-bond donors (Lipinski definition) is 0. The second kappa shape index (κ2) is 3.67. The van der Waals surface area contributed by atoms with Crippen LogP contribution in [0.1, 0.15) is 0 Å². The molecule has 0 radical (unpaired) electrons. The Labute approximate surface area is 75.3 Å². The standard InChI is InChI=1S/Eu.H3O4P/c;1-5(2,3)4/h;(H3,1,2,3,4)/q+3;/p-3.